The fourth-order valence-corrected chi connectivity index (χ4v) is 2.56. The van der Waals surface area contributed by atoms with Gasteiger partial charge in [0.1, 0.15) is 0 Å². The van der Waals surface area contributed by atoms with Gasteiger partial charge in [0.05, 0.1) is 10.2 Å². The molecule has 0 aliphatic carbocycles. The lowest BCUT2D eigenvalue weighted by molar-refractivity contribution is 0.488. The van der Waals surface area contributed by atoms with E-state index in [2.05, 4.69) is 32.7 Å². The van der Waals surface area contributed by atoms with Crippen LogP contribution in [0.3, 0.4) is 0 Å². The molecule has 1 fully saturated rings. The van der Waals surface area contributed by atoms with Gasteiger partial charge in [0, 0.05) is 31.5 Å². The summed E-state index contributed by atoms with van der Waals surface area (Å²) >= 11 is 3.53. The van der Waals surface area contributed by atoms with E-state index in [1.165, 1.54) is 12.1 Å². The summed E-state index contributed by atoms with van der Waals surface area (Å²) in [5.41, 5.74) is 7.16. The second-order valence-corrected chi connectivity index (χ2v) is 5.04. The summed E-state index contributed by atoms with van der Waals surface area (Å²) in [5.74, 6) is 0.616. The van der Waals surface area contributed by atoms with Crippen molar-refractivity contribution in [3.05, 3.63) is 22.9 Å². The Balaban J connectivity index is 2.11. The molecule has 0 radical (unpaired) electrons. The van der Waals surface area contributed by atoms with Crippen molar-refractivity contribution in [1.82, 2.24) is 4.98 Å². The summed E-state index contributed by atoms with van der Waals surface area (Å²) in [5, 5.41) is 0. The Kier molecular flexibility index (Phi) is 3.26. The Morgan fingerprint density at radius 3 is 3.07 bits per heavy atom. The summed E-state index contributed by atoms with van der Waals surface area (Å²) in [6.45, 7) is 4.24. The van der Waals surface area contributed by atoms with Crippen LogP contribution in [0.25, 0.3) is 0 Å². The van der Waals surface area contributed by atoms with Crippen LogP contribution < -0.4 is 10.6 Å². The number of hydrogen-bond acceptors (Lipinski definition) is 3. The predicted molar refractivity (Wildman–Crippen MR) is 65.9 cm³/mol. The highest BCUT2D eigenvalue weighted by Gasteiger charge is 2.26. The third kappa shape index (κ3) is 2.32. The Morgan fingerprint density at radius 1 is 1.67 bits per heavy atom. The van der Waals surface area contributed by atoms with Gasteiger partial charge in [0.2, 0.25) is 0 Å². The Hall–Kier alpha value is -0.610. The van der Waals surface area contributed by atoms with Crippen molar-refractivity contribution in [2.45, 2.75) is 19.4 Å². The number of anilines is 1. The Labute approximate surface area is 98.8 Å². The van der Waals surface area contributed by atoms with Crippen molar-refractivity contribution in [3.8, 4) is 0 Å². The smallest absolute Gasteiger partial charge is 0.0592 e. The summed E-state index contributed by atoms with van der Waals surface area (Å²) in [4.78, 5) is 6.45. The Morgan fingerprint density at radius 2 is 2.47 bits per heavy atom. The average molecular weight is 270 g/mol. The van der Waals surface area contributed by atoms with Gasteiger partial charge in [-0.3, -0.25) is 4.98 Å². The molecular weight excluding hydrogens is 254 g/mol. The number of aromatic nitrogens is 1. The van der Waals surface area contributed by atoms with E-state index in [1.807, 2.05) is 18.5 Å². The highest BCUT2D eigenvalue weighted by Crippen LogP contribution is 2.30. The van der Waals surface area contributed by atoms with Gasteiger partial charge in [-0.1, -0.05) is 0 Å². The monoisotopic (exact) mass is 269 g/mol. The highest BCUT2D eigenvalue weighted by molar-refractivity contribution is 9.10. The number of nitrogens with two attached hydrogens (primary N) is 1. The largest absolute Gasteiger partial charge is 0.370 e. The molecule has 15 heavy (non-hydrogen) atoms. The van der Waals surface area contributed by atoms with Gasteiger partial charge in [0.15, 0.2) is 0 Å². The molecule has 1 aromatic rings. The fourth-order valence-electron chi connectivity index (χ4n) is 2.06. The number of pyridine rings is 1. The summed E-state index contributed by atoms with van der Waals surface area (Å²) < 4.78 is 1.07. The molecule has 2 heterocycles. The van der Waals surface area contributed by atoms with Gasteiger partial charge in [-0.2, -0.15) is 0 Å². The normalized spacial score (nSPS) is 23.1. The molecule has 1 saturated heterocycles. The minimum atomic E-state index is 0.288. The van der Waals surface area contributed by atoms with E-state index < -0.39 is 0 Å². The van der Waals surface area contributed by atoms with Crippen molar-refractivity contribution >= 4 is 21.6 Å². The van der Waals surface area contributed by atoms with Crippen LogP contribution >= 0.6 is 15.9 Å². The first-order valence-corrected chi connectivity index (χ1v) is 6.08. The lowest BCUT2D eigenvalue weighted by atomic mass is 10.0. The van der Waals surface area contributed by atoms with Crippen LogP contribution in [0.4, 0.5) is 5.69 Å². The van der Waals surface area contributed by atoms with E-state index in [1.54, 1.807) is 0 Å². The molecule has 4 heteroatoms. The third-order valence-electron chi connectivity index (χ3n) is 3.06. The van der Waals surface area contributed by atoms with E-state index in [-0.39, 0.29) is 6.04 Å². The van der Waals surface area contributed by atoms with Gasteiger partial charge < -0.3 is 10.6 Å². The topological polar surface area (TPSA) is 42.1 Å². The van der Waals surface area contributed by atoms with E-state index >= 15 is 0 Å². The van der Waals surface area contributed by atoms with Crippen LogP contribution in [0.15, 0.2) is 22.9 Å². The first-order valence-electron chi connectivity index (χ1n) is 5.28. The van der Waals surface area contributed by atoms with Crippen LogP contribution in [0.1, 0.15) is 13.3 Å². The zero-order valence-corrected chi connectivity index (χ0v) is 10.4. The van der Waals surface area contributed by atoms with Gasteiger partial charge in [-0.15, -0.1) is 0 Å². The first-order chi connectivity index (χ1) is 7.18. The molecule has 2 atom stereocenters. The maximum atomic E-state index is 5.93. The third-order valence-corrected chi connectivity index (χ3v) is 3.67. The van der Waals surface area contributed by atoms with Crippen molar-refractivity contribution < 1.29 is 0 Å². The second kappa shape index (κ2) is 4.49. The van der Waals surface area contributed by atoms with Crippen molar-refractivity contribution in [2.24, 2.45) is 11.7 Å². The van der Waals surface area contributed by atoms with Crippen molar-refractivity contribution in [1.29, 1.82) is 0 Å². The maximum Gasteiger partial charge on any atom is 0.0592 e. The number of halogens is 1. The molecule has 82 valence electrons. The predicted octanol–water partition coefficient (Wildman–Crippen LogP) is 2.02. The molecule has 2 unspecified atom stereocenters. The zero-order valence-electron chi connectivity index (χ0n) is 8.86. The number of hydrogen-bond donors (Lipinski definition) is 1. The van der Waals surface area contributed by atoms with Crippen LogP contribution in [0.5, 0.6) is 0 Å². The summed E-state index contributed by atoms with van der Waals surface area (Å²) in [6.07, 6.45) is 4.86. The van der Waals surface area contributed by atoms with Crippen LogP contribution in [-0.2, 0) is 0 Å². The fraction of sp³-hybridized carbons (Fsp3) is 0.545. The summed E-state index contributed by atoms with van der Waals surface area (Å²) in [7, 11) is 0. The van der Waals surface area contributed by atoms with Crippen molar-refractivity contribution in [3.63, 3.8) is 0 Å². The molecule has 0 spiro atoms. The zero-order chi connectivity index (χ0) is 10.8. The molecule has 2 rings (SSSR count). The van der Waals surface area contributed by atoms with Crippen LogP contribution in [0, 0.1) is 5.92 Å². The average Bonchev–Trinajstić information content (AvgIpc) is 2.67. The number of nitrogens with zero attached hydrogens (tertiary/aromatic N) is 2. The van der Waals surface area contributed by atoms with Gasteiger partial charge in [0.25, 0.3) is 0 Å². The van der Waals surface area contributed by atoms with E-state index in [0.717, 1.165) is 17.6 Å². The van der Waals surface area contributed by atoms with E-state index in [4.69, 9.17) is 5.73 Å². The molecule has 3 nitrogen and oxygen atoms in total. The van der Waals surface area contributed by atoms with E-state index in [9.17, 15) is 0 Å². The lowest BCUT2D eigenvalue weighted by Gasteiger charge is -2.20. The molecular formula is C11H16BrN3. The molecule has 0 bridgehead atoms. The minimum absolute atomic E-state index is 0.288. The standard InChI is InChI=1S/C11H16BrN3/c1-8(13)9-3-5-15(7-9)11-2-4-14-6-10(11)12/h2,4,6,8-9H,3,5,7,13H2,1H3. The minimum Gasteiger partial charge on any atom is -0.370 e. The lowest BCUT2D eigenvalue weighted by Crippen LogP contribution is -2.29. The quantitative estimate of drug-likeness (QED) is 0.894. The molecule has 1 aromatic heterocycles. The van der Waals surface area contributed by atoms with Gasteiger partial charge >= 0.3 is 0 Å². The first kappa shape index (κ1) is 10.9. The van der Waals surface area contributed by atoms with E-state index in [0.29, 0.717) is 5.92 Å². The highest BCUT2D eigenvalue weighted by atomic mass is 79.9. The number of rotatable bonds is 2. The molecule has 0 amide bonds. The Bertz CT molecular complexity index is 340. The summed E-state index contributed by atoms with van der Waals surface area (Å²) in [6, 6.07) is 2.34. The molecule has 2 N–H and O–H groups in total. The van der Waals surface area contributed by atoms with Crippen molar-refractivity contribution in [2.75, 3.05) is 18.0 Å². The van der Waals surface area contributed by atoms with Gasteiger partial charge in [-0.05, 0) is 41.3 Å². The van der Waals surface area contributed by atoms with Crippen LogP contribution in [-0.4, -0.2) is 24.1 Å². The molecule has 1 aliphatic heterocycles. The van der Waals surface area contributed by atoms with Gasteiger partial charge in [-0.25, -0.2) is 0 Å². The maximum absolute atomic E-state index is 5.93. The SMILES string of the molecule is CC(N)C1CCN(c2ccncc2Br)C1. The second-order valence-electron chi connectivity index (χ2n) is 4.18. The molecule has 0 aromatic carbocycles. The van der Waals surface area contributed by atoms with Crippen LogP contribution in [0.2, 0.25) is 0 Å². The molecule has 1 aliphatic rings. The molecule has 0 saturated carbocycles.